The molecule has 9 heteroatoms. The van der Waals surface area contributed by atoms with Gasteiger partial charge in [-0.3, -0.25) is 9.59 Å². The predicted molar refractivity (Wildman–Crippen MR) is 134 cm³/mol. The maximum atomic E-state index is 14.9. The first-order valence-electron chi connectivity index (χ1n) is 12.6. The molecule has 2 heterocycles. The van der Waals surface area contributed by atoms with Crippen LogP contribution in [-0.4, -0.2) is 38.1 Å². The lowest BCUT2D eigenvalue weighted by Crippen LogP contribution is -2.44. The molecule has 2 aliphatic rings. The van der Waals surface area contributed by atoms with Gasteiger partial charge in [0.15, 0.2) is 11.5 Å². The first-order chi connectivity index (χ1) is 17.1. The van der Waals surface area contributed by atoms with E-state index in [2.05, 4.69) is 20.6 Å². The number of fused-ring (bicyclic) bond motifs is 1. The molecule has 2 aliphatic carbocycles. The number of nitrogens with zero attached hydrogens (tertiary/aromatic N) is 3. The number of rotatable bonds is 6. The van der Waals surface area contributed by atoms with Crippen LogP contribution in [0.3, 0.4) is 0 Å². The monoisotopic (exact) mass is 495 g/mol. The van der Waals surface area contributed by atoms with Crippen LogP contribution in [0.4, 0.5) is 14.6 Å². The Kier molecular flexibility index (Phi) is 6.26. The lowest BCUT2D eigenvalue weighted by Gasteiger charge is -2.29. The number of amides is 2. The molecule has 0 unspecified atom stereocenters. The highest BCUT2D eigenvalue weighted by atomic mass is 19.1. The number of aromatic nitrogens is 3. The standard InChI is InChI=1S/C27H31F2N5O2/c1-15(2)34-14-31-24-21(28)10-18(11-22(24)34)20-12-23(30-13-16(20)3)33-25(35)17-5-4-6-19(9-17)32-26(36)27(29)7-8-27/h10-15,17,19H,4-9H2,1-3H3,(H,32,36)(H,30,33,35)/t17-,19+/m0/s1. The largest absolute Gasteiger partial charge is 0.351 e. The number of nitrogens with one attached hydrogen (secondary N) is 2. The van der Waals surface area contributed by atoms with E-state index in [4.69, 9.17) is 0 Å². The molecule has 2 atom stereocenters. The van der Waals surface area contributed by atoms with Gasteiger partial charge in [-0.1, -0.05) is 6.42 Å². The van der Waals surface area contributed by atoms with Crippen LogP contribution in [0.2, 0.25) is 0 Å². The SMILES string of the molecule is Cc1cnc(NC(=O)[C@H]2CCC[C@@H](NC(=O)C3(F)CC3)C2)cc1-c1cc(F)c2ncn(C(C)C)c2c1. The van der Waals surface area contributed by atoms with E-state index in [9.17, 15) is 18.4 Å². The van der Waals surface area contributed by atoms with Crippen molar-refractivity contribution in [2.75, 3.05) is 5.32 Å². The van der Waals surface area contributed by atoms with E-state index in [0.717, 1.165) is 24.0 Å². The van der Waals surface area contributed by atoms with Crippen molar-refractivity contribution in [2.45, 2.75) is 77.0 Å². The number of carbonyl (C=O) groups excluding carboxylic acids is 2. The molecule has 0 aliphatic heterocycles. The topological polar surface area (TPSA) is 88.9 Å². The van der Waals surface area contributed by atoms with Crippen molar-refractivity contribution in [1.82, 2.24) is 19.9 Å². The van der Waals surface area contributed by atoms with E-state index in [1.807, 2.05) is 31.4 Å². The second-order valence-corrected chi connectivity index (χ2v) is 10.4. The van der Waals surface area contributed by atoms with Crippen molar-refractivity contribution in [2.24, 2.45) is 5.92 Å². The van der Waals surface area contributed by atoms with E-state index in [1.54, 1.807) is 18.6 Å². The van der Waals surface area contributed by atoms with Crippen molar-refractivity contribution >= 4 is 28.7 Å². The van der Waals surface area contributed by atoms with Crippen molar-refractivity contribution in [3.8, 4) is 11.1 Å². The summed E-state index contributed by atoms with van der Waals surface area (Å²) in [6.07, 6.45) is 6.52. The fourth-order valence-corrected chi connectivity index (χ4v) is 5.00. The van der Waals surface area contributed by atoms with E-state index >= 15 is 0 Å². The van der Waals surface area contributed by atoms with Gasteiger partial charge in [0.1, 0.15) is 11.3 Å². The summed E-state index contributed by atoms with van der Waals surface area (Å²) in [6, 6.07) is 5.04. The fourth-order valence-electron chi connectivity index (χ4n) is 5.00. The molecule has 1 aromatic carbocycles. The third-order valence-corrected chi connectivity index (χ3v) is 7.33. The molecular formula is C27H31F2N5O2. The molecule has 2 fully saturated rings. The minimum Gasteiger partial charge on any atom is -0.351 e. The average molecular weight is 496 g/mol. The van der Waals surface area contributed by atoms with Crippen LogP contribution in [0.15, 0.2) is 30.7 Å². The quantitative estimate of drug-likeness (QED) is 0.489. The number of halogens is 2. The summed E-state index contributed by atoms with van der Waals surface area (Å²) in [5.74, 6) is -1.07. The summed E-state index contributed by atoms with van der Waals surface area (Å²) in [5.41, 5.74) is 1.61. The number of alkyl halides is 1. The van der Waals surface area contributed by atoms with Gasteiger partial charge < -0.3 is 15.2 Å². The number of imidazole rings is 1. The molecule has 2 N–H and O–H groups in total. The highest BCUT2D eigenvalue weighted by Gasteiger charge is 2.51. The Hall–Kier alpha value is -3.36. The van der Waals surface area contributed by atoms with E-state index in [-0.39, 0.29) is 36.8 Å². The molecule has 2 amide bonds. The van der Waals surface area contributed by atoms with Crippen molar-refractivity contribution in [3.63, 3.8) is 0 Å². The van der Waals surface area contributed by atoms with E-state index < -0.39 is 17.4 Å². The van der Waals surface area contributed by atoms with Crippen LogP contribution in [0, 0.1) is 18.7 Å². The molecule has 5 rings (SSSR count). The zero-order chi connectivity index (χ0) is 25.6. The second kappa shape index (κ2) is 9.26. The molecule has 0 radical (unpaired) electrons. The summed E-state index contributed by atoms with van der Waals surface area (Å²) >= 11 is 0. The molecule has 7 nitrogen and oxygen atoms in total. The van der Waals surface area contributed by atoms with Crippen LogP contribution in [0.5, 0.6) is 0 Å². The van der Waals surface area contributed by atoms with Gasteiger partial charge in [-0.15, -0.1) is 0 Å². The van der Waals surface area contributed by atoms with Gasteiger partial charge in [0.05, 0.1) is 11.8 Å². The number of hydrogen-bond acceptors (Lipinski definition) is 4. The summed E-state index contributed by atoms with van der Waals surface area (Å²) < 4.78 is 30.8. The van der Waals surface area contributed by atoms with Crippen LogP contribution < -0.4 is 10.6 Å². The minimum absolute atomic E-state index is 0.127. The highest BCUT2D eigenvalue weighted by Crippen LogP contribution is 2.40. The maximum Gasteiger partial charge on any atom is 0.257 e. The molecular weight excluding hydrogens is 464 g/mol. The van der Waals surface area contributed by atoms with Gasteiger partial charge in [0.2, 0.25) is 5.91 Å². The molecule has 2 aromatic heterocycles. The van der Waals surface area contributed by atoms with Gasteiger partial charge in [-0.2, -0.15) is 0 Å². The van der Waals surface area contributed by atoms with Crippen molar-refractivity contribution in [3.05, 3.63) is 42.1 Å². The normalized spacial score (nSPS) is 20.9. The van der Waals surface area contributed by atoms with E-state index in [1.165, 1.54) is 6.07 Å². The Morgan fingerprint density at radius 2 is 1.94 bits per heavy atom. The summed E-state index contributed by atoms with van der Waals surface area (Å²) in [4.78, 5) is 33.7. The number of aryl methyl sites for hydroxylation is 1. The first kappa shape index (κ1) is 24.3. The van der Waals surface area contributed by atoms with Crippen LogP contribution in [-0.2, 0) is 9.59 Å². The molecule has 2 saturated carbocycles. The number of anilines is 1. The predicted octanol–water partition coefficient (Wildman–Crippen LogP) is 5.24. The van der Waals surface area contributed by atoms with Gasteiger partial charge in [-0.05, 0) is 87.8 Å². The van der Waals surface area contributed by atoms with Crippen LogP contribution in [0.25, 0.3) is 22.2 Å². The number of pyridine rings is 1. The van der Waals surface area contributed by atoms with Gasteiger partial charge in [0.25, 0.3) is 5.91 Å². The van der Waals surface area contributed by atoms with Gasteiger partial charge in [0, 0.05) is 24.2 Å². The summed E-state index contributed by atoms with van der Waals surface area (Å²) in [7, 11) is 0. The van der Waals surface area contributed by atoms with Crippen LogP contribution >= 0.6 is 0 Å². The zero-order valence-electron chi connectivity index (χ0n) is 20.8. The number of hydrogen-bond donors (Lipinski definition) is 2. The van der Waals surface area contributed by atoms with Gasteiger partial charge in [-0.25, -0.2) is 18.7 Å². The minimum atomic E-state index is -1.72. The summed E-state index contributed by atoms with van der Waals surface area (Å²) in [6.45, 7) is 5.92. The lowest BCUT2D eigenvalue weighted by molar-refractivity contribution is -0.129. The Balaban J connectivity index is 1.33. The molecule has 36 heavy (non-hydrogen) atoms. The number of carbonyl (C=O) groups is 2. The highest BCUT2D eigenvalue weighted by molar-refractivity contribution is 5.93. The lowest BCUT2D eigenvalue weighted by atomic mass is 9.85. The molecule has 3 aromatic rings. The Morgan fingerprint density at radius 1 is 1.17 bits per heavy atom. The van der Waals surface area contributed by atoms with E-state index in [0.29, 0.717) is 35.3 Å². The molecule has 0 saturated heterocycles. The molecule has 0 spiro atoms. The van der Waals surface area contributed by atoms with Crippen LogP contribution in [0.1, 0.15) is 64.0 Å². The second-order valence-electron chi connectivity index (χ2n) is 10.4. The Labute approximate surface area is 208 Å². The third kappa shape index (κ3) is 4.70. The first-order valence-corrected chi connectivity index (χ1v) is 12.6. The van der Waals surface area contributed by atoms with Crippen molar-refractivity contribution in [1.29, 1.82) is 0 Å². The third-order valence-electron chi connectivity index (χ3n) is 7.33. The number of benzene rings is 1. The molecule has 190 valence electrons. The fraction of sp³-hybridized carbons (Fsp3) is 0.481. The summed E-state index contributed by atoms with van der Waals surface area (Å²) in [5, 5.41) is 5.68. The zero-order valence-corrected chi connectivity index (χ0v) is 20.8. The smallest absolute Gasteiger partial charge is 0.257 e. The molecule has 0 bridgehead atoms. The average Bonchev–Trinajstić information content (AvgIpc) is 3.44. The Morgan fingerprint density at radius 3 is 2.67 bits per heavy atom. The maximum absolute atomic E-state index is 14.9. The Bertz CT molecular complexity index is 1330. The van der Waals surface area contributed by atoms with Gasteiger partial charge >= 0.3 is 0 Å². The van der Waals surface area contributed by atoms with Crippen molar-refractivity contribution < 1.29 is 18.4 Å².